The molecule has 0 unspecified atom stereocenters. The lowest BCUT2D eigenvalue weighted by Crippen LogP contribution is -2.13. The number of anilines is 2. The zero-order chi connectivity index (χ0) is 15.2. The molecule has 0 aliphatic heterocycles. The van der Waals surface area contributed by atoms with Crippen LogP contribution in [-0.2, 0) is 6.42 Å². The fourth-order valence-corrected chi connectivity index (χ4v) is 2.22. The Labute approximate surface area is 126 Å². The summed E-state index contributed by atoms with van der Waals surface area (Å²) in [6.07, 6.45) is 3.46. The molecule has 0 bridgehead atoms. The van der Waals surface area contributed by atoms with Gasteiger partial charge in [0.2, 0.25) is 0 Å². The van der Waals surface area contributed by atoms with Gasteiger partial charge in [-0.1, -0.05) is 31.5 Å². The van der Waals surface area contributed by atoms with Gasteiger partial charge in [0.25, 0.3) is 5.91 Å². The SMILES string of the molecule is CCCCc1ccc(NC(=O)c2cc(N)ccc2C)cc1. The summed E-state index contributed by atoms with van der Waals surface area (Å²) in [6.45, 7) is 4.09. The lowest BCUT2D eigenvalue weighted by atomic mass is 10.1. The molecule has 0 atom stereocenters. The second kappa shape index (κ2) is 6.93. The first-order valence-corrected chi connectivity index (χ1v) is 7.36. The smallest absolute Gasteiger partial charge is 0.256 e. The molecule has 3 heteroatoms. The zero-order valence-electron chi connectivity index (χ0n) is 12.6. The second-order valence-corrected chi connectivity index (χ2v) is 5.33. The summed E-state index contributed by atoms with van der Waals surface area (Å²) in [5, 5.41) is 2.92. The molecule has 2 rings (SSSR count). The lowest BCUT2D eigenvalue weighted by Gasteiger charge is -2.09. The summed E-state index contributed by atoms with van der Waals surface area (Å²) >= 11 is 0. The van der Waals surface area contributed by atoms with Gasteiger partial charge in [-0.25, -0.2) is 0 Å². The van der Waals surface area contributed by atoms with Crippen molar-refractivity contribution in [3.63, 3.8) is 0 Å². The second-order valence-electron chi connectivity index (χ2n) is 5.33. The summed E-state index contributed by atoms with van der Waals surface area (Å²) in [5.74, 6) is -0.124. The number of hydrogen-bond donors (Lipinski definition) is 2. The summed E-state index contributed by atoms with van der Waals surface area (Å²) in [7, 11) is 0. The van der Waals surface area contributed by atoms with Crippen molar-refractivity contribution in [2.45, 2.75) is 33.1 Å². The highest BCUT2D eigenvalue weighted by Crippen LogP contribution is 2.16. The van der Waals surface area contributed by atoms with Crippen LogP contribution in [0.3, 0.4) is 0 Å². The molecule has 0 spiro atoms. The molecule has 0 saturated carbocycles. The molecule has 0 aromatic heterocycles. The zero-order valence-corrected chi connectivity index (χ0v) is 12.6. The summed E-state index contributed by atoms with van der Waals surface area (Å²) in [4.78, 5) is 12.3. The van der Waals surface area contributed by atoms with E-state index < -0.39 is 0 Å². The Morgan fingerprint density at radius 1 is 1.14 bits per heavy atom. The first-order chi connectivity index (χ1) is 10.1. The molecule has 0 fully saturated rings. The van der Waals surface area contributed by atoms with Gasteiger partial charge >= 0.3 is 0 Å². The van der Waals surface area contributed by atoms with Gasteiger partial charge in [0.05, 0.1) is 0 Å². The van der Waals surface area contributed by atoms with Crippen molar-refractivity contribution in [3.8, 4) is 0 Å². The Hall–Kier alpha value is -2.29. The summed E-state index contributed by atoms with van der Waals surface area (Å²) in [5.41, 5.74) is 9.98. The van der Waals surface area contributed by atoms with Gasteiger partial charge in [-0.05, 0) is 55.2 Å². The van der Waals surface area contributed by atoms with Crippen LogP contribution in [0, 0.1) is 6.92 Å². The van der Waals surface area contributed by atoms with Gasteiger partial charge in [0.1, 0.15) is 0 Å². The number of carbonyl (C=O) groups excluding carboxylic acids is 1. The van der Waals surface area contributed by atoms with E-state index in [9.17, 15) is 4.79 Å². The normalized spacial score (nSPS) is 10.4. The third kappa shape index (κ3) is 4.09. The minimum Gasteiger partial charge on any atom is -0.399 e. The third-order valence-corrected chi connectivity index (χ3v) is 3.54. The molecule has 0 radical (unpaired) electrons. The van der Waals surface area contributed by atoms with Crippen LogP contribution in [0.4, 0.5) is 11.4 Å². The number of carbonyl (C=O) groups is 1. The van der Waals surface area contributed by atoms with Crippen molar-refractivity contribution in [3.05, 3.63) is 59.2 Å². The van der Waals surface area contributed by atoms with E-state index in [2.05, 4.69) is 24.4 Å². The Balaban J connectivity index is 2.07. The van der Waals surface area contributed by atoms with Gasteiger partial charge in [0, 0.05) is 16.9 Å². The molecule has 2 aromatic rings. The lowest BCUT2D eigenvalue weighted by molar-refractivity contribution is 0.102. The van der Waals surface area contributed by atoms with Crippen molar-refractivity contribution >= 4 is 17.3 Å². The molecule has 0 saturated heterocycles. The standard InChI is InChI=1S/C18H22N2O/c1-3-4-5-14-7-10-16(11-8-14)20-18(21)17-12-15(19)9-6-13(17)2/h6-12H,3-5,19H2,1-2H3,(H,20,21). The van der Waals surface area contributed by atoms with Gasteiger partial charge in [-0.2, -0.15) is 0 Å². The highest BCUT2D eigenvalue weighted by molar-refractivity contribution is 6.05. The highest BCUT2D eigenvalue weighted by Gasteiger charge is 2.09. The van der Waals surface area contributed by atoms with Crippen molar-refractivity contribution in [1.29, 1.82) is 0 Å². The van der Waals surface area contributed by atoms with Crippen LogP contribution in [0.25, 0.3) is 0 Å². The molecule has 0 aliphatic rings. The number of hydrogen-bond acceptors (Lipinski definition) is 2. The van der Waals surface area contributed by atoms with E-state index in [-0.39, 0.29) is 5.91 Å². The Morgan fingerprint density at radius 3 is 2.52 bits per heavy atom. The van der Waals surface area contributed by atoms with E-state index in [0.29, 0.717) is 11.3 Å². The number of nitrogen functional groups attached to an aromatic ring is 1. The fourth-order valence-electron chi connectivity index (χ4n) is 2.22. The monoisotopic (exact) mass is 282 g/mol. The highest BCUT2D eigenvalue weighted by atomic mass is 16.1. The van der Waals surface area contributed by atoms with Crippen LogP contribution < -0.4 is 11.1 Å². The van der Waals surface area contributed by atoms with Crippen LogP contribution in [0.1, 0.15) is 41.3 Å². The summed E-state index contributed by atoms with van der Waals surface area (Å²) in [6, 6.07) is 13.4. The van der Waals surface area contributed by atoms with Crippen LogP contribution in [0.15, 0.2) is 42.5 Å². The minimum absolute atomic E-state index is 0.124. The average molecular weight is 282 g/mol. The predicted octanol–water partition coefficient (Wildman–Crippen LogP) is 4.17. The van der Waals surface area contributed by atoms with Crippen molar-refractivity contribution in [1.82, 2.24) is 0 Å². The maximum atomic E-state index is 12.3. The molecule has 1 amide bonds. The van der Waals surface area contributed by atoms with Crippen molar-refractivity contribution in [2.24, 2.45) is 0 Å². The molecule has 3 nitrogen and oxygen atoms in total. The Kier molecular flexibility index (Phi) is 4.99. The van der Waals surface area contributed by atoms with E-state index >= 15 is 0 Å². The number of amides is 1. The van der Waals surface area contributed by atoms with E-state index in [4.69, 9.17) is 5.73 Å². The van der Waals surface area contributed by atoms with E-state index in [1.165, 1.54) is 18.4 Å². The van der Waals surface area contributed by atoms with Gasteiger partial charge in [0.15, 0.2) is 0 Å². The average Bonchev–Trinajstić information content (AvgIpc) is 2.49. The number of rotatable bonds is 5. The van der Waals surface area contributed by atoms with Crippen LogP contribution >= 0.6 is 0 Å². The van der Waals surface area contributed by atoms with Gasteiger partial charge in [-0.3, -0.25) is 4.79 Å². The molecule has 3 N–H and O–H groups in total. The van der Waals surface area contributed by atoms with Crippen LogP contribution in [-0.4, -0.2) is 5.91 Å². The van der Waals surface area contributed by atoms with E-state index in [1.54, 1.807) is 12.1 Å². The third-order valence-electron chi connectivity index (χ3n) is 3.54. The largest absolute Gasteiger partial charge is 0.399 e. The predicted molar refractivity (Wildman–Crippen MR) is 88.6 cm³/mol. The molecule has 21 heavy (non-hydrogen) atoms. The van der Waals surface area contributed by atoms with Crippen molar-refractivity contribution < 1.29 is 4.79 Å². The molecule has 2 aromatic carbocycles. The first kappa shape index (κ1) is 15.1. The van der Waals surface area contributed by atoms with E-state index in [1.807, 2.05) is 25.1 Å². The number of aryl methyl sites for hydroxylation is 2. The first-order valence-electron chi connectivity index (χ1n) is 7.36. The topological polar surface area (TPSA) is 55.1 Å². The fraction of sp³-hybridized carbons (Fsp3) is 0.278. The van der Waals surface area contributed by atoms with Gasteiger partial charge in [-0.15, -0.1) is 0 Å². The van der Waals surface area contributed by atoms with Crippen LogP contribution in [0.5, 0.6) is 0 Å². The molecule has 0 heterocycles. The maximum Gasteiger partial charge on any atom is 0.256 e. The quantitative estimate of drug-likeness (QED) is 0.809. The van der Waals surface area contributed by atoms with Gasteiger partial charge < -0.3 is 11.1 Å². The number of unbranched alkanes of at least 4 members (excludes halogenated alkanes) is 1. The number of nitrogens with two attached hydrogens (primary N) is 1. The Bertz CT molecular complexity index is 618. The maximum absolute atomic E-state index is 12.3. The van der Waals surface area contributed by atoms with E-state index in [0.717, 1.165) is 17.7 Å². The number of benzene rings is 2. The minimum atomic E-state index is -0.124. The molecular formula is C18H22N2O. The molecular weight excluding hydrogens is 260 g/mol. The van der Waals surface area contributed by atoms with Crippen LogP contribution in [0.2, 0.25) is 0 Å². The Morgan fingerprint density at radius 2 is 1.86 bits per heavy atom. The summed E-state index contributed by atoms with van der Waals surface area (Å²) < 4.78 is 0. The number of nitrogens with one attached hydrogen (secondary N) is 1. The molecule has 110 valence electrons. The van der Waals surface area contributed by atoms with Crippen molar-refractivity contribution in [2.75, 3.05) is 11.1 Å². The molecule has 0 aliphatic carbocycles.